The molecule has 0 saturated heterocycles. The summed E-state index contributed by atoms with van der Waals surface area (Å²) >= 11 is 1.90. The minimum Gasteiger partial charge on any atom is -0.135 e. The molecular weight excluding hydrogens is 801 g/mol. The summed E-state index contributed by atoms with van der Waals surface area (Å²) in [4.78, 5) is 0. The second-order valence-corrected chi connectivity index (χ2v) is 20.6. The van der Waals surface area contributed by atoms with E-state index in [-0.39, 0.29) is 10.8 Å². The highest BCUT2D eigenvalue weighted by Gasteiger charge is 2.38. The lowest BCUT2D eigenvalue weighted by Crippen LogP contribution is -2.15. The largest absolute Gasteiger partial charge is 0.135 e. The van der Waals surface area contributed by atoms with Gasteiger partial charge in [-0.2, -0.15) is 0 Å². The molecule has 0 fully saturated rings. The Balaban J connectivity index is 0.895. The van der Waals surface area contributed by atoms with Gasteiger partial charge in [-0.1, -0.05) is 179 Å². The molecule has 1 heterocycles. The average molecular weight is 845 g/mol. The van der Waals surface area contributed by atoms with Crippen LogP contribution in [-0.4, -0.2) is 0 Å². The van der Waals surface area contributed by atoms with Crippen molar-refractivity contribution in [3.05, 3.63) is 216 Å². The van der Waals surface area contributed by atoms with Crippen LogP contribution in [0.3, 0.4) is 0 Å². The van der Waals surface area contributed by atoms with Gasteiger partial charge in [-0.15, -0.1) is 11.3 Å². The van der Waals surface area contributed by atoms with Crippen LogP contribution in [0.15, 0.2) is 194 Å². The maximum Gasteiger partial charge on any atom is 0.0361 e. The van der Waals surface area contributed by atoms with Gasteiger partial charge in [-0.25, -0.2) is 0 Å². The molecule has 0 aliphatic heterocycles. The summed E-state index contributed by atoms with van der Waals surface area (Å²) in [5.74, 6) is 0. The van der Waals surface area contributed by atoms with E-state index in [4.69, 9.17) is 0 Å². The predicted molar refractivity (Wildman–Crippen MR) is 281 cm³/mol. The van der Waals surface area contributed by atoms with E-state index >= 15 is 0 Å². The predicted octanol–water partition coefficient (Wildman–Crippen LogP) is 18.3. The highest BCUT2D eigenvalue weighted by atomic mass is 32.1. The normalized spacial score (nSPS) is 14.4. The fraction of sp³-hybridized carbons (Fsp3) is 0.0938. The third-order valence-corrected chi connectivity index (χ3v) is 16.6. The van der Waals surface area contributed by atoms with Crippen molar-refractivity contribution in [2.45, 2.75) is 38.5 Å². The van der Waals surface area contributed by atoms with Gasteiger partial charge in [-0.05, 0) is 163 Å². The van der Waals surface area contributed by atoms with Crippen molar-refractivity contribution in [2.24, 2.45) is 0 Å². The van der Waals surface area contributed by atoms with Crippen molar-refractivity contribution < 1.29 is 0 Å². The van der Waals surface area contributed by atoms with Crippen LogP contribution in [0.4, 0.5) is 0 Å². The van der Waals surface area contributed by atoms with Crippen LogP contribution in [0.25, 0.3) is 119 Å². The van der Waals surface area contributed by atoms with Crippen molar-refractivity contribution in [3.63, 3.8) is 0 Å². The molecule has 0 unspecified atom stereocenters. The maximum absolute atomic E-state index is 2.51. The SMILES string of the molecule is CC1(C)c2ccc(-c3c4ccccc4c(-c4cccc5ccccc45)c4ccccc34)cc2-c2ccc(-c3ccc4c(c3)-c3cc5ccc6sc7ccccc7c6c5cc3C4(C)C)cc21. The molecule has 0 radical (unpaired) electrons. The first kappa shape index (κ1) is 37.1. The molecule has 0 bridgehead atoms. The Kier molecular flexibility index (Phi) is 7.49. The first-order valence-electron chi connectivity index (χ1n) is 23.0. The Morgan fingerprint density at radius 1 is 0.292 bits per heavy atom. The number of benzene rings is 11. The summed E-state index contributed by atoms with van der Waals surface area (Å²) in [7, 11) is 0. The summed E-state index contributed by atoms with van der Waals surface area (Å²) in [6.07, 6.45) is 0. The summed E-state index contributed by atoms with van der Waals surface area (Å²) in [6.45, 7) is 9.63. The lowest BCUT2D eigenvalue weighted by Gasteiger charge is -2.23. The summed E-state index contributed by atoms with van der Waals surface area (Å²) in [6, 6.07) is 73.9. The smallest absolute Gasteiger partial charge is 0.0361 e. The molecule has 0 nitrogen and oxygen atoms in total. The Bertz CT molecular complexity index is 4000. The second kappa shape index (κ2) is 13.1. The van der Waals surface area contributed by atoms with E-state index in [1.54, 1.807) is 0 Å². The molecule has 0 saturated carbocycles. The quantitative estimate of drug-likeness (QED) is 0.155. The van der Waals surface area contributed by atoms with Gasteiger partial charge < -0.3 is 0 Å². The van der Waals surface area contributed by atoms with E-state index < -0.39 is 0 Å². The Hall–Kier alpha value is -7.32. The summed E-state index contributed by atoms with van der Waals surface area (Å²) in [5, 5.41) is 13.1. The molecular formula is C64H44S. The number of hydrogen-bond donors (Lipinski definition) is 0. The van der Waals surface area contributed by atoms with Crippen LogP contribution in [0.1, 0.15) is 49.9 Å². The lowest BCUT2D eigenvalue weighted by molar-refractivity contribution is 0.660. The molecule has 14 rings (SSSR count). The average Bonchev–Trinajstić information content (AvgIpc) is 3.91. The Morgan fingerprint density at radius 3 is 1.57 bits per heavy atom. The van der Waals surface area contributed by atoms with Crippen molar-refractivity contribution in [1.29, 1.82) is 0 Å². The first-order valence-corrected chi connectivity index (χ1v) is 23.8. The number of rotatable bonds is 3. The zero-order chi connectivity index (χ0) is 43.3. The van der Waals surface area contributed by atoms with Crippen LogP contribution in [0.5, 0.6) is 0 Å². The summed E-state index contributed by atoms with van der Waals surface area (Å²) in [5.41, 5.74) is 18.4. The molecule has 2 aliphatic rings. The molecule has 2 aliphatic carbocycles. The number of thiophene rings is 1. The van der Waals surface area contributed by atoms with E-state index in [9.17, 15) is 0 Å². The van der Waals surface area contributed by atoms with Crippen molar-refractivity contribution >= 4 is 74.6 Å². The van der Waals surface area contributed by atoms with Gasteiger partial charge in [-0.3, -0.25) is 0 Å². The second-order valence-electron chi connectivity index (χ2n) is 19.6. The standard InChI is InChI=1S/C64H44S/c1-63(2)54-30-26-41(60-45-17-7-9-19-47(45)61(48-20-10-8-18-46(48)60)44-22-13-15-37-14-5-6-16-42(37)44)34-51(54)43-28-24-39(35-56(43)63)38-25-29-55-52(32-38)53-33-40-27-31-59-62(49-21-11-12-23-58(49)65-59)50(40)36-57(53)64(55,3)4/h5-36H,1-4H3. The minimum atomic E-state index is -0.150. The highest BCUT2D eigenvalue weighted by molar-refractivity contribution is 7.26. The van der Waals surface area contributed by atoms with Gasteiger partial charge >= 0.3 is 0 Å². The van der Waals surface area contributed by atoms with E-state index in [0.29, 0.717) is 0 Å². The molecule has 0 amide bonds. The van der Waals surface area contributed by atoms with Crippen molar-refractivity contribution in [2.75, 3.05) is 0 Å². The molecule has 1 heteroatoms. The number of hydrogen-bond acceptors (Lipinski definition) is 1. The third-order valence-electron chi connectivity index (χ3n) is 15.4. The molecule has 306 valence electrons. The zero-order valence-electron chi connectivity index (χ0n) is 36.9. The van der Waals surface area contributed by atoms with Crippen LogP contribution in [0.2, 0.25) is 0 Å². The van der Waals surface area contributed by atoms with Gasteiger partial charge in [0.2, 0.25) is 0 Å². The molecule has 0 N–H and O–H groups in total. The zero-order valence-corrected chi connectivity index (χ0v) is 37.7. The molecule has 0 atom stereocenters. The third kappa shape index (κ3) is 5.08. The van der Waals surface area contributed by atoms with Crippen LogP contribution in [0, 0.1) is 0 Å². The molecule has 65 heavy (non-hydrogen) atoms. The van der Waals surface area contributed by atoms with Gasteiger partial charge in [0.25, 0.3) is 0 Å². The van der Waals surface area contributed by atoms with Gasteiger partial charge in [0.1, 0.15) is 0 Å². The monoisotopic (exact) mass is 844 g/mol. The number of fused-ring (bicyclic) bond motifs is 14. The van der Waals surface area contributed by atoms with E-state index in [2.05, 4.69) is 222 Å². The Labute approximate surface area is 383 Å². The van der Waals surface area contributed by atoms with Gasteiger partial charge in [0, 0.05) is 31.0 Å². The molecule has 1 aromatic heterocycles. The maximum atomic E-state index is 2.51. The topological polar surface area (TPSA) is 0 Å². The van der Waals surface area contributed by atoms with E-state index in [1.807, 2.05) is 11.3 Å². The van der Waals surface area contributed by atoms with E-state index in [0.717, 1.165) is 0 Å². The highest BCUT2D eigenvalue weighted by Crippen LogP contribution is 2.55. The first-order chi connectivity index (χ1) is 31.7. The summed E-state index contributed by atoms with van der Waals surface area (Å²) < 4.78 is 2.72. The fourth-order valence-corrected chi connectivity index (χ4v) is 13.4. The lowest BCUT2D eigenvalue weighted by atomic mass is 9.80. The molecule has 12 aromatic rings. The van der Waals surface area contributed by atoms with Gasteiger partial charge in [0.05, 0.1) is 0 Å². The molecule has 0 spiro atoms. The van der Waals surface area contributed by atoms with Crippen LogP contribution in [-0.2, 0) is 10.8 Å². The fourth-order valence-electron chi connectivity index (χ4n) is 12.2. The minimum absolute atomic E-state index is 0.0997. The Morgan fingerprint density at radius 2 is 0.831 bits per heavy atom. The van der Waals surface area contributed by atoms with Crippen LogP contribution >= 0.6 is 11.3 Å². The van der Waals surface area contributed by atoms with Crippen molar-refractivity contribution in [1.82, 2.24) is 0 Å². The van der Waals surface area contributed by atoms with Gasteiger partial charge in [0.15, 0.2) is 0 Å². The van der Waals surface area contributed by atoms with Crippen LogP contribution < -0.4 is 0 Å². The van der Waals surface area contributed by atoms with Crippen molar-refractivity contribution in [3.8, 4) is 55.6 Å². The molecule has 11 aromatic carbocycles. The van der Waals surface area contributed by atoms with E-state index in [1.165, 1.54) is 141 Å².